The van der Waals surface area contributed by atoms with Crippen LogP contribution in [0.2, 0.25) is 0 Å². The third-order valence-electron chi connectivity index (χ3n) is 3.53. The Hall–Kier alpha value is -2.90. The number of nitrogens with zero attached hydrogens (tertiary/aromatic N) is 2. The molecule has 8 heteroatoms. The SMILES string of the molecule is Cc1cc(C)c(C(=O)Nc2cnn(C(C)(C)C(=O)O)c2)c(=O)[nH]1. The molecule has 122 valence electrons. The molecule has 3 N–H and O–H groups in total. The van der Waals surface area contributed by atoms with E-state index in [1.165, 1.54) is 30.9 Å². The zero-order chi connectivity index (χ0) is 17.4. The Morgan fingerprint density at radius 3 is 2.57 bits per heavy atom. The van der Waals surface area contributed by atoms with Crippen LogP contribution in [0.1, 0.15) is 35.5 Å². The lowest BCUT2D eigenvalue weighted by Crippen LogP contribution is -2.35. The van der Waals surface area contributed by atoms with Crippen LogP contribution < -0.4 is 10.9 Å². The number of aryl methyl sites for hydroxylation is 2. The summed E-state index contributed by atoms with van der Waals surface area (Å²) in [5.41, 5.74) is -0.176. The highest BCUT2D eigenvalue weighted by molar-refractivity contribution is 6.04. The topological polar surface area (TPSA) is 117 Å². The van der Waals surface area contributed by atoms with Crippen LogP contribution in [0.15, 0.2) is 23.3 Å². The van der Waals surface area contributed by atoms with Crippen molar-refractivity contribution in [3.8, 4) is 0 Å². The van der Waals surface area contributed by atoms with Crippen LogP contribution in [0.5, 0.6) is 0 Å². The van der Waals surface area contributed by atoms with Crippen LogP contribution in [0.25, 0.3) is 0 Å². The van der Waals surface area contributed by atoms with Crippen molar-refractivity contribution in [3.05, 3.63) is 45.6 Å². The van der Waals surface area contributed by atoms with Crippen LogP contribution in [0.3, 0.4) is 0 Å². The second-order valence-corrected chi connectivity index (χ2v) is 5.83. The molecule has 0 bridgehead atoms. The molecule has 2 aromatic heterocycles. The molecular formula is C15H18N4O4. The van der Waals surface area contributed by atoms with Gasteiger partial charge in [-0.2, -0.15) is 5.10 Å². The summed E-state index contributed by atoms with van der Waals surface area (Å²) in [4.78, 5) is 38.0. The zero-order valence-electron chi connectivity index (χ0n) is 13.3. The number of anilines is 1. The molecule has 2 heterocycles. The number of carbonyl (C=O) groups is 2. The predicted molar refractivity (Wildman–Crippen MR) is 83.7 cm³/mol. The number of aromatic amines is 1. The number of hydrogen-bond donors (Lipinski definition) is 3. The molecule has 0 aliphatic rings. The second kappa shape index (κ2) is 5.71. The first kappa shape index (κ1) is 16.5. The van der Waals surface area contributed by atoms with Gasteiger partial charge in [0.2, 0.25) is 0 Å². The standard InChI is InChI=1S/C15H18N4O4/c1-8-5-9(2)17-12(20)11(8)13(21)18-10-6-16-19(7-10)15(3,4)14(22)23/h5-7H,1-4H3,(H,17,20)(H,18,21)(H,22,23). The summed E-state index contributed by atoms with van der Waals surface area (Å²) >= 11 is 0. The first-order valence-corrected chi connectivity index (χ1v) is 6.93. The average Bonchev–Trinajstić information content (AvgIpc) is 2.86. The fourth-order valence-electron chi connectivity index (χ4n) is 2.12. The Labute approximate surface area is 132 Å². The number of carboxylic acid groups (broad SMARTS) is 1. The van der Waals surface area contributed by atoms with Gasteiger partial charge in [-0.05, 0) is 39.3 Å². The number of nitrogens with one attached hydrogen (secondary N) is 2. The molecule has 0 aromatic carbocycles. The highest BCUT2D eigenvalue weighted by atomic mass is 16.4. The van der Waals surface area contributed by atoms with Gasteiger partial charge in [-0.25, -0.2) is 4.79 Å². The monoisotopic (exact) mass is 318 g/mol. The minimum atomic E-state index is -1.25. The quantitative estimate of drug-likeness (QED) is 0.784. The van der Waals surface area contributed by atoms with Gasteiger partial charge in [-0.1, -0.05) is 0 Å². The zero-order valence-corrected chi connectivity index (χ0v) is 13.3. The molecule has 0 atom stereocenters. The lowest BCUT2D eigenvalue weighted by atomic mass is 10.1. The average molecular weight is 318 g/mol. The largest absolute Gasteiger partial charge is 0.479 e. The van der Waals surface area contributed by atoms with Crippen molar-refractivity contribution >= 4 is 17.6 Å². The van der Waals surface area contributed by atoms with Crippen LogP contribution >= 0.6 is 0 Å². The molecule has 0 radical (unpaired) electrons. The normalized spacial score (nSPS) is 11.3. The molecule has 0 fully saturated rings. The van der Waals surface area contributed by atoms with Gasteiger partial charge in [0.1, 0.15) is 5.56 Å². The minimum Gasteiger partial charge on any atom is -0.479 e. The second-order valence-electron chi connectivity index (χ2n) is 5.83. The van der Waals surface area contributed by atoms with Gasteiger partial charge < -0.3 is 15.4 Å². The van der Waals surface area contributed by atoms with Gasteiger partial charge in [0.25, 0.3) is 11.5 Å². The number of rotatable bonds is 4. The summed E-state index contributed by atoms with van der Waals surface area (Å²) in [6.45, 7) is 6.38. The Morgan fingerprint density at radius 1 is 1.35 bits per heavy atom. The maximum absolute atomic E-state index is 12.3. The summed E-state index contributed by atoms with van der Waals surface area (Å²) in [6, 6.07) is 1.70. The molecule has 0 saturated heterocycles. The highest BCUT2D eigenvalue weighted by Crippen LogP contribution is 2.18. The van der Waals surface area contributed by atoms with Crippen molar-refractivity contribution < 1.29 is 14.7 Å². The van der Waals surface area contributed by atoms with Gasteiger partial charge in [-0.15, -0.1) is 0 Å². The molecule has 0 aliphatic carbocycles. The van der Waals surface area contributed by atoms with Gasteiger partial charge in [-0.3, -0.25) is 14.3 Å². The number of carbonyl (C=O) groups excluding carboxylic acids is 1. The van der Waals surface area contributed by atoms with Gasteiger partial charge in [0.05, 0.1) is 11.9 Å². The van der Waals surface area contributed by atoms with Crippen LogP contribution in [-0.2, 0) is 10.3 Å². The molecule has 0 unspecified atom stereocenters. The van der Waals surface area contributed by atoms with Crippen molar-refractivity contribution in [2.45, 2.75) is 33.2 Å². The predicted octanol–water partition coefficient (Wildman–Crippen LogP) is 1.26. The third kappa shape index (κ3) is 3.15. The van der Waals surface area contributed by atoms with Crippen molar-refractivity contribution in [3.63, 3.8) is 0 Å². The summed E-state index contributed by atoms with van der Waals surface area (Å²) in [7, 11) is 0. The number of H-pyrrole nitrogens is 1. The first-order chi connectivity index (χ1) is 10.6. The number of amides is 1. The number of aromatic nitrogens is 3. The Kier molecular flexibility index (Phi) is 4.09. The molecule has 2 aromatic rings. The van der Waals surface area contributed by atoms with E-state index >= 15 is 0 Å². The summed E-state index contributed by atoms with van der Waals surface area (Å²) in [6.07, 6.45) is 2.74. The lowest BCUT2D eigenvalue weighted by molar-refractivity contribution is -0.146. The maximum Gasteiger partial charge on any atom is 0.331 e. The van der Waals surface area contributed by atoms with E-state index < -0.39 is 23.0 Å². The van der Waals surface area contributed by atoms with E-state index in [-0.39, 0.29) is 5.56 Å². The third-order valence-corrected chi connectivity index (χ3v) is 3.53. The van der Waals surface area contributed by atoms with Crippen molar-refractivity contribution in [2.75, 3.05) is 5.32 Å². The smallest absolute Gasteiger partial charge is 0.331 e. The van der Waals surface area contributed by atoms with Crippen molar-refractivity contribution in [1.82, 2.24) is 14.8 Å². The van der Waals surface area contributed by atoms with Gasteiger partial charge in [0.15, 0.2) is 5.54 Å². The van der Waals surface area contributed by atoms with Crippen LogP contribution in [0, 0.1) is 13.8 Å². The Balaban J connectivity index is 2.28. The molecule has 23 heavy (non-hydrogen) atoms. The molecule has 0 spiro atoms. The fourth-order valence-corrected chi connectivity index (χ4v) is 2.12. The number of hydrogen-bond acceptors (Lipinski definition) is 4. The Bertz CT molecular complexity index is 832. The van der Waals surface area contributed by atoms with E-state index in [1.807, 2.05) is 0 Å². The van der Waals surface area contributed by atoms with E-state index in [2.05, 4.69) is 15.4 Å². The van der Waals surface area contributed by atoms with E-state index in [4.69, 9.17) is 5.11 Å². The van der Waals surface area contributed by atoms with Gasteiger partial charge in [0, 0.05) is 11.9 Å². The molecule has 0 aliphatic heterocycles. The van der Waals surface area contributed by atoms with E-state index in [0.717, 1.165) is 0 Å². The molecule has 1 amide bonds. The molecule has 2 rings (SSSR count). The maximum atomic E-state index is 12.3. The number of pyridine rings is 1. The highest BCUT2D eigenvalue weighted by Gasteiger charge is 2.30. The Morgan fingerprint density at radius 2 is 2.00 bits per heavy atom. The summed E-state index contributed by atoms with van der Waals surface area (Å²) in [5.74, 6) is -1.62. The van der Waals surface area contributed by atoms with Gasteiger partial charge >= 0.3 is 5.97 Å². The van der Waals surface area contributed by atoms with Crippen molar-refractivity contribution in [2.24, 2.45) is 0 Å². The van der Waals surface area contributed by atoms with Crippen LogP contribution in [-0.4, -0.2) is 31.7 Å². The summed E-state index contributed by atoms with van der Waals surface area (Å²) < 4.78 is 1.23. The number of carboxylic acids is 1. The molecular weight excluding hydrogens is 300 g/mol. The van der Waals surface area contributed by atoms with E-state index in [1.54, 1.807) is 19.9 Å². The van der Waals surface area contributed by atoms with Crippen molar-refractivity contribution in [1.29, 1.82) is 0 Å². The lowest BCUT2D eigenvalue weighted by Gasteiger charge is -2.19. The molecule has 8 nitrogen and oxygen atoms in total. The van der Waals surface area contributed by atoms with Crippen LogP contribution in [0.4, 0.5) is 5.69 Å². The first-order valence-electron chi connectivity index (χ1n) is 6.93. The van der Waals surface area contributed by atoms with E-state index in [9.17, 15) is 14.4 Å². The summed E-state index contributed by atoms with van der Waals surface area (Å²) in [5, 5.41) is 15.7. The van der Waals surface area contributed by atoms with E-state index in [0.29, 0.717) is 16.9 Å². The minimum absolute atomic E-state index is 0.0147. The number of aliphatic carboxylic acids is 1. The molecule has 0 saturated carbocycles. The fraction of sp³-hybridized carbons (Fsp3) is 0.333.